The predicted molar refractivity (Wildman–Crippen MR) is 155 cm³/mol. The second kappa shape index (κ2) is 12.0. The molecule has 1 aliphatic rings. The quantitative estimate of drug-likeness (QED) is 0.238. The first-order valence-corrected chi connectivity index (χ1v) is 13.4. The summed E-state index contributed by atoms with van der Waals surface area (Å²) in [6.07, 6.45) is 2.48. The lowest BCUT2D eigenvalue weighted by atomic mass is 10.0. The van der Waals surface area contributed by atoms with Gasteiger partial charge in [0.25, 0.3) is 0 Å². The summed E-state index contributed by atoms with van der Waals surface area (Å²) < 4.78 is 27.1. The van der Waals surface area contributed by atoms with Crippen LogP contribution in [-0.4, -0.2) is 80.0 Å². The van der Waals surface area contributed by atoms with Crippen molar-refractivity contribution in [2.45, 2.75) is 19.3 Å². The van der Waals surface area contributed by atoms with Crippen molar-refractivity contribution in [3.63, 3.8) is 0 Å². The number of benzene rings is 3. The van der Waals surface area contributed by atoms with E-state index in [0.29, 0.717) is 36.6 Å². The Labute approximate surface area is 229 Å². The third-order valence-electron chi connectivity index (χ3n) is 6.71. The van der Waals surface area contributed by atoms with E-state index < -0.39 is 0 Å². The average Bonchev–Trinajstić information content (AvgIpc) is 3.52. The van der Waals surface area contributed by atoms with Gasteiger partial charge in [-0.1, -0.05) is 6.07 Å². The van der Waals surface area contributed by atoms with Gasteiger partial charge in [-0.25, -0.2) is 9.37 Å². The number of halogens is 1. The highest BCUT2D eigenvalue weighted by Crippen LogP contribution is 2.33. The molecule has 7 nitrogen and oxygen atoms in total. The Kier molecular flexibility index (Phi) is 8.24. The number of ether oxygens (including phenoxy) is 2. The molecule has 4 aromatic rings. The van der Waals surface area contributed by atoms with Crippen molar-refractivity contribution >= 4 is 22.4 Å². The van der Waals surface area contributed by atoms with E-state index in [0.717, 1.165) is 65.4 Å². The zero-order valence-corrected chi connectivity index (χ0v) is 23.1. The number of rotatable bonds is 12. The first-order chi connectivity index (χ1) is 18.9. The summed E-state index contributed by atoms with van der Waals surface area (Å²) in [5, 5.41) is 0. The van der Waals surface area contributed by atoms with Gasteiger partial charge in [0.05, 0.1) is 35.6 Å². The molecule has 1 aromatic heterocycles. The van der Waals surface area contributed by atoms with Crippen LogP contribution in [0.4, 0.5) is 10.1 Å². The summed E-state index contributed by atoms with van der Waals surface area (Å²) in [7, 11) is 8.20. The Morgan fingerprint density at radius 1 is 0.846 bits per heavy atom. The Bertz CT molecular complexity index is 1480. The van der Waals surface area contributed by atoms with Crippen molar-refractivity contribution in [1.29, 1.82) is 0 Å². The Hall–Kier alpha value is -3.75. The molecule has 204 valence electrons. The molecule has 1 N–H and O–H groups in total. The molecule has 0 bridgehead atoms. The van der Waals surface area contributed by atoms with Crippen LogP contribution >= 0.6 is 0 Å². The molecule has 0 amide bonds. The van der Waals surface area contributed by atoms with Crippen LogP contribution in [0.1, 0.15) is 24.0 Å². The number of nitrogens with one attached hydrogen (secondary N) is 1. The highest BCUT2D eigenvalue weighted by molar-refractivity contribution is 6.07. The molecule has 39 heavy (non-hydrogen) atoms. The van der Waals surface area contributed by atoms with Gasteiger partial charge >= 0.3 is 0 Å². The molecular weight excluding hydrogens is 493 g/mol. The number of nitrogens with zero attached hydrogens (tertiary/aromatic N) is 4. The third-order valence-corrected chi connectivity index (χ3v) is 6.71. The van der Waals surface area contributed by atoms with Crippen molar-refractivity contribution in [2.24, 2.45) is 4.99 Å². The lowest BCUT2D eigenvalue weighted by Crippen LogP contribution is -2.15. The fraction of sp³-hybridized carbons (Fsp3) is 0.355. The molecule has 0 fully saturated rings. The molecule has 8 heteroatoms. The van der Waals surface area contributed by atoms with Gasteiger partial charge in [0.1, 0.15) is 23.1 Å². The SMILES string of the molecule is CN(C)CCCOc1ccc2c(c1)CC(c1ccc(-c3nc4ccc(OCCCN(C)C)cc4[nH]3)cc1F)=N2. The highest BCUT2D eigenvalue weighted by Gasteiger charge is 2.20. The molecule has 0 aliphatic carbocycles. The van der Waals surface area contributed by atoms with Crippen molar-refractivity contribution in [1.82, 2.24) is 19.8 Å². The van der Waals surface area contributed by atoms with Crippen molar-refractivity contribution in [3.05, 3.63) is 71.5 Å². The highest BCUT2D eigenvalue weighted by atomic mass is 19.1. The van der Waals surface area contributed by atoms with E-state index in [-0.39, 0.29) is 5.82 Å². The molecule has 0 saturated heterocycles. The van der Waals surface area contributed by atoms with E-state index in [1.54, 1.807) is 6.07 Å². The third kappa shape index (κ3) is 6.64. The van der Waals surface area contributed by atoms with Crippen LogP contribution in [0.25, 0.3) is 22.4 Å². The summed E-state index contributed by atoms with van der Waals surface area (Å²) in [6.45, 7) is 3.27. The summed E-state index contributed by atoms with van der Waals surface area (Å²) >= 11 is 0. The molecule has 0 atom stereocenters. The number of imidazole rings is 1. The smallest absolute Gasteiger partial charge is 0.138 e. The predicted octanol–water partition coefficient (Wildman–Crippen LogP) is 5.71. The minimum atomic E-state index is -0.315. The van der Waals surface area contributed by atoms with Gasteiger partial charge in [-0.2, -0.15) is 0 Å². The molecule has 3 aromatic carbocycles. The van der Waals surface area contributed by atoms with Crippen LogP contribution in [0.2, 0.25) is 0 Å². The summed E-state index contributed by atoms with van der Waals surface area (Å²) in [5.41, 5.74) is 5.50. The summed E-state index contributed by atoms with van der Waals surface area (Å²) in [4.78, 5) is 17.0. The summed E-state index contributed by atoms with van der Waals surface area (Å²) in [5.74, 6) is 1.92. The average molecular weight is 530 g/mol. The zero-order chi connectivity index (χ0) is 27.4. The van der Waals surface area contributed by atoms with Crippen LogP contribution in [0.3, 0.4) is 0 Å². The van der Waals surface area contributed by atoms with Gasteiger partial charge in [0.15, 0.2) is 0 Å². The molecule has 0 unspecified atom stereocenters. The van der Waals surface area contributed by atoms with Crippen LogP contribution < -0.4 is 9.47 Å². The van der Waals surface area contributed by atoms with Crippen LogP contribution in [0.5, 0.6) is 11.5 Å². The van der Waals surface area contributed by atoms with Gasteiger partial charge in [-0.15, -0.1) is 0 Å². The first-order valence-electron chi connectivity index (χ1n) is 13.4. The number of hydrogen-bond acceptors (Lipinski definition) is 6. The van der Waals surface area contributed by atoms with E-state index >= 15 is 4.39 Å². The number of aromatic nitrogens is 2. The van der Waals surface area contributed by atoms with Crippen LogP contribution in [-0.2, 0) is 6.42 Å². The second-order valence-corrected chi connectivity index (χ2v) is 10.5. The normalized spacial score (nSPS) is 12.8. The monoisotopic (exact) mass is 529 g/mol. The Morgan fingerprint density at radius 2 is 1.54 bits per heavy atom. The zero-order valence-electron chi connectivity index (χ0n) is 23.1. The fourth-order valence-corrected chi connectivity index (χ4v) is 4.68. The second-order valence-electron chi connectivity index (χ2n) is 10.5. The summed E-state index contributed by atoms with van der Waals surface area (Å²) in [6, 6.07) is 16.9. The minimum absolute atomic E-state index is 0.315. The number of fused-ring (bicyclic) bond motifs is 2. The molecule has 0 saturated carbocycles. The molecule has 5 rings (SSSR count). The topological polar surface area (TPSA) is 66.0 Å². The van der Waals surface area contributed by atoms with Gasteiger partial charge in [-0.05, 0) is 89.1 Å². The van der Waals surface area contributed by atoms with E-state index in [1.165, 1.54) is 6.07 Å². The number of aliphatic imine (C=N–C) groups is 1. The van der Waals surface area contributed by atoms with Gasteiger partial charge < -0.3 is 24.3 Å². The van der Waals surface area contributed by atoms with E-state index in [4.69, 9.17) is 14.5 Å². The molecule has 2 heterocycles. The molecular formula is C31H36FN5O2. The largest absolute Gasteiger partial charge is 0.494 e. The van der Waals surface area contributed by atoms with E-state index in [1.807, 2.05) is 56.6 Å². The standard InChI is InChI=1S/C31H36FN5O2/c1-36(2)13-5-15-38-23-8-11-27-22(17-23)19-29(33-27)25-10-7-21(18-26(25)32)31-34-28-12-9-24(20-30(28)35-31)39-16-6-14-37(3)4/h7-12,17-18,20H,5-6,13-16,19H2,1-4H3,(H,34,35). The minimum Gasteiger partial charge on any atom is -0.494 e. The van der Waals surface area contributed by atoms with Gasteiger partial charge in [0.2, 0.25) is 0 Å². The van der Waals surface area contributed by atoms with Crippen LogP contribution in [0.15, 0.2) is 59.6 Å². The van der Waals surface area contributed by atoms with Gasteiger partial charge in [0, 0.05) is 36.7 Å². The Balaban J connectivity index is 1.25. The maximum absolute atomic E-state index is 15.3. The van der Waals surface area contributed by atoms with Crippen molar-refractivity contribution < 1.29 is 13.9 Å². The maximum Gasteiger partial charge on any atom is 0.138 e. The first kappa shape index (κ1) is 26.8. The lowest BCUT2D eigenvalue weighted by Gasteiger charge is -2.11. The number of hydrogen-bond donors (Lipinski definition) is 1. The Morgan fingerprint density at radius 3 is 2.23 bits per heavy atom. The maximum atomic E-state index is 15.3. The molecule has 0 spiro atoms. The fourth-order valence-electron chi connectivity index (χ4n) is 4.68. The van der Waals surface area contributed by atoms with E-state index in [2.05, 4.69) is 33.9 Å². The van der Waals surface area contributed by atoms with Gasteiger partial charge in [-0.3, -0.25) is 4.99 Å². The number of H-pyrrole nitrogens is 1. The van der Waals surface area contributed by atoms with Crippen molar-refractivity contribution in [3.8, 4) is 22.9 Å². The van der Waals surface area contributed by atoms with E-state index in [9.17, 15) is 0 Å². The van der Waals surface area contributed by atoms with Crippen LogP contribution in [0, 0.1) is 5.82 Å². The molecule has 1 aliphatic heterocycles. The molecule has 0 radical (unpaired) electrons. The number of aromatic amines is 1. The lowest BCUT2D eigenvalue weighted by molar-refractivity contribution is 0.281. The van der Waals surface area contributed by atoms with Crippen molar-refractivity contribution in [2.75, 3.05) is 54.5 Å².